The van der Waals surface area contributed by atoms with Crippen LogP contribution in [0.3, 0.4) is 0 Å². The Kier molecular flexibility index (Phi) is 6.45. The van der Waals surface area contributed by atoms with Crippen LogP contribution in [0.15, 0.2) is 0 Å². The van der Waals surface area contributed by atoms with E-state index in [0.717, 1.165) is 24.3 Å². The summed E-state index contributed by atoms with van der Waals surface area (Å²) in [6, 6.07) is 0. The van der Waals surface area contributed by atoms with Crippen molar-refractivity contribution in [3.8, 4) is 0 Å². The zero-order chi connectivity index (χ0) is 9.56. The first kappa shape index (κ1) is 12.0. The Labute approximate surface area is 77.9 Å². The lowest BCUT2D eigenvalue weighted by Gasteiger charge is -2.27. The van der Waals surface area contributed by atoms with Crippen LogP contribution in [-0.4, -0.2) is 13.6 Å². The van der Waals surface area contributed by atoms with E-state index < -0.39 is 0 Å². The topological polar surface area (TPSA) is 12.0 Å². The zero-order valence-corrected chi connectivity index (χ0v) is 9.35. The lowest BCUT2D eigenvalue weighted by molar-refractivity contribution is 0.248. The summed E-state index contributed by atoms with van der Waals surface area (Å²) in [6.07, 6.45) is 2.69. The van der Waals surface area contributed by atoms with E-state index in [-0.39, 0.29) is 0 Å². The Hall–Kier alpha value is -0.0400. The van der Waals surface area contributed by atoms with Crippen LogP contribution < -0.4 is 5.32 Å². The van der Waals surface area contributed by atoms with E-state index in [1.165, 1.54) is 12.8 Å². The van der Waals surface area contributed by atoms with Crippen molar-refractivity contribution in [2.75, 3.05) is 13.6 Å². The van der Waals surface area contributed by atoms with Gasteiger partial charge in [0, 0.05) is 0 Å². The van der Waals surface area contributed by atoms with Gasteiger partial charge in [-0.15, -0.1) is 0 Å². The van der Waals surface area contributed by atoms with E-state index in [4.69, 9.17) is 0 Å². The third-order valence-electron chi connectivity index (χ3n) is 2.74. The molecule has 0 bridgehead atoms. The van der Waals surface area contributed by atoms with Gasteiger partial charge in [-0.25, -0.2) is 0 Å². The Morgan fingerprint density at radius 1 is 1.17 bits per heavy atom. The summed E-state index contributed by atoms with van der Waals surface area (Å²) in [5, 5.41) is 3.26. The lowest BCUT2D eigenvalue weighted by Crippen LogP contribution is -2.26. The molecule has 0 saturated heterocycles. The monoisotopic (exact) mass is 171 g/mol. The van der Waals surface area contributed by atoms with Gasteiger partial charge in [-0.2, -0.15) is 0 Å². The van der Waals surface area contributed by atoms with E-state index >= 15 is 0 Å². The third-order valence-corrected chi connectivity index (χ3v) is 2.74. The van der Waals surface area contributed by atoms with Crippen molar-refractivity contribution in [3.63, 3.8) is 0 Å². The second-order valence-corrected chi connectivity index (χ2v) is 4.23. The van der Waals surface area contributed by atoms with Gasteiger partial charge in [0.25, 0.3) is 0 Å². The zero-order valence-electron chi connectivity index (χ0n) is 9.35. The summed E-state index contributed by atoms with van der Waals surface area (Å²) in [5.74, 6) is 2.53. The van der Waals surface area contributed by atoms with Gasteiger partial charge in [0.05, 0.1) is 0 Å². The molecule has 0 saturated carbocycles. The molecule has 1 N–H and O–H groups in total. The van der Waals surface area contributed by atoms with E-state index in [1.807, 2.05) is 7.05 Å². The van der Waals surface area contributed by atoms with E-state index in [2.05, 4.69) is 33.0 Å². The standard InChI is InChI=1S/C11H25N/c1-6-7-11(9(2)3)10(4)8-12-5/h9-12H,6-8H2,1-5H3/t10?,11-/m1/s1. The van der Waals surface area contributed by atoms with Gasteiger partial charge in [-0.1, -0.05) is 40.5 Å². The fourth-order valence-electron chi connectivity index (χ4n) is 2.08. The second kappa shape index (κ2) is 6.47. The molecular weight excluding hydrogens is 146 g/mol. The molecule has 1 unspecified atom stereocenters. The molecule has 0 aromatic heterocycles. The third kappa shape index (κ3) is 4.10. The predicted molar refractivity (Wildman–Crippen MR) is 56.3 cm³/mol. The summed E-state index contributed by atoms with van der Waals surface area (Å²) >= 11 is 0. The van der Waals surface area contributed by atoms with E-state index in [0.29, 0.717) is 0 Å². The van der Waals surface area contributed by atoms with Crippen LogP contribution in [-0.2, 0) is 0 Å². The molecule has 12 heavy (non-hydrogen) atoms. The fourth-order valence-corrected chi connectivity index (χ4v) is 2.08. The average Bonchev–Trinajstić information content (AvgIpc) is 1.99. The van der Waals surface area contributed by atoms with Crippen molar-refractivity contribution >= 4 is 0 Å². The second-order valence-electron chi connectivity index (χ2n) is 4.23. The van der Waals surface area contributed by atoms with Crippen LogP contribution in [0, 0.1) is 17.8 Å². The molecule has 1 heteroatoms. The number of nitrogens with one attached hydrogen (secondary N) is 1. The lowest BCUT2D eigenvalue weighted by atomic mass is 9.81. The van der Waals surface area contributed by atoms with Crippen molar-refractivity contribution in [2.24, 2.45) is 17.8 Å². The average molecular weight is 171 g/mol. The molecule has 0 aliphatic heterocycles. The van der Waals surface area contributed by atoms with Crippen LogP contribution in [0.1, 0.15) is 40.5 Å². The minimum absolute atomic E-state index is 0.815. The van der Waals surface area contributed by atoms with Gasteiger partial charge in [-0.3, -0.25) is 0 Å². The number of hydrogen-bond donors (Lipinski definition) is 1. The van der Waals surface area contributed by atoms with Gasteiger partial charge < -0.3 is 5.32 Å². The fraction of sp³-hybridized carbons (Fsp3) is 1.00. The maximum absolute atomic E-state index is 3.26. The minimum Gasteiger partial charge on any atom is -0.319 e. The molecule has 0 aliphatic rings. The predicted octanol–water partition coefficient (Wildman–Crippen LogP) is 2.91. The Balaban J connectivity index is 3.90. The molecule has 74 valence electrons. The summed E-state index contributed by atoms with van der Waals surface area (Å²) in [5.41, 5.74) is 0. The molecule has 2 atom stereocenters. The molecule has 0 aromatic rings. The van der Waals surface area contributed by atoms with Crippen molar-refractivity contribution in [3.05, 3.63) is 0 Å². The Bertz CT molecular complexity index is 99.2. The van der Waals surface area contributed by atoms with Gasteiger partial charge in [0.2, 0.25) is 0 Å². The maximum Gasteiger partial charge on any atom is -0.00234 e. The van der Waals surface area contributed by atoms with Crippen LogP contribution in [0.4, 0.5) is 0 Å². The van der Waals surface area contributed by atoms with Crippen molar-refractivity contribution in [1.82, 2.24) is 5.32 Å². The first-order valence-corrected chi connectivity index (χ1v) is 5.28. The normalized spacial score (nSPS) is 16.5. The molecule has 0 heterocycles. The Morgan fingerprint density at radius 3 is 2.08 bits per heavy atom. The highest BCUT2D eigenvalue weighted by Crippen LogP contribution is 2.25. The summed E-state index contributed by atoms with van der Waals surface area (Å²) < 4.78 is 0. The first-order valence-electron chi connectivity index (χ1n) is 5.28. The molecule has 0 aromatic carbocycles. The van der Waals surface area contributed by atoms with Gasteiger partial charge >= 0.3 is 0 Å². The van der Waals surface area contributed by atoms with Gasteiger partial charge in [0.15, 0.2) is 0 Å². The smallest absolute Gasteiger partial charge is 0.00234 e. The maximum atomic E-state index is 3.26. The summed E-state index contributed by atoms with van der Waals surface area (Å²) in [6.45, 7) is 10.5. The molecule has 0 fully saturated rings. The molecule has 1 nitrogen and oxygen atoms in total. The van der Waals surface area contributed by atoms with E-state index in [1.54, 1.807) is 0 Å². The molecule has 0 rings (SSSR count). The van der Waals surface area contributed by atoms with Crippen LogP contribution >= 0.6 is 0 Å². The minimum atomic E-state index is 0.815. The highest BCUT2D eigenvalue weighted by Gasteiger charge is 2.18. The Morgan fingerprint density at radius 2 is 1.75 bits per heavy atom. The van der Waals surface area contributed by atoms with Gasteiger partial charge in [-0.05, 0) is 31.3 Å². The largest absolute Gasteiger partial charge is 0.319 e. The van der Waals surface area contributed by atoms with Crippen LogP contribution in [0.5, 0.6) is 0 Å². The highest BCUT2D eigenvalue weighted by molar-refractivity contribution is 4.70. The van der Waals surface area contributed by atoms with Crippen LogP contribution in [0.25, 0.3) is 0 Å². The molecule has 0 amide bonds. The number of rotatable bonds is 6. The first-order chi connectivity index (χ1) is 5.63. The van der Waals surface area contributed by atoms with Crippen molar-refractivity contribution < 1.29 is 0 Å². The summed E-state index contributed by atoms with van der Waals surface area (Å²) in [7, 11) is 2.04. The SMILES string of the molecule is CCC[C@H](C(C)C)C(C)CNC. The van der Waals surface area contributed by atoms with Crippen molar-refractivity contribution in [1.29, 1.82) is 0 Å². The highest BCUT2D eigenvalue weighted by atomic mass is 14.8. The van der Waals surface area contributed by atoms with Gasteiger partial charge in [0.1, 0.15) is 0 Å². The van der Waals surface area contributed by atoms with Crippen LogP contribution in [0.2, 0.25) is 0 Å². The van der Waals surface area contributed by atoms with E-state index in [9.17, 15) is 0 Å². The molecular formula is C11H25N. The summed E-state index contributed by atoms with van der Waals surface area (Å²) in [4.78, 5) is 0. The molecule has 0 spiro atoms. The van der Waals surface area contributed by atoms with Crippen molar-refractivity contribution in [2.45, 2.75) is 40.5 Å². The molecule has 0 radical (unpaired) electrons. The number of hydrogen-bond acceptors (Lipinski definition) is 1. The molecule has 0 aliphatic carbocycles. The quantitative estimate of drug-likeness (QED) is 0.648.